The largest absolute Gasteiger partial charge is 0.481 e. The summed E-state index contributed by atoms with van der Waals surface area (Å²) in [5.41, 5.74) is 36.9. The van der Waals surface area contributed by atoms with Crippen LogP contribution in [0.25, 0.3) is 6.08 Å². The van der Waals surface area contributed by atoms with E-state index in [9.17, 15) is 24.0 Å². The van der Waals surface area contributed by atoms with E-state index in [1.54, 1.807) is 62.4 Å². The van der Waals surface area contributed by atoms with E-state index in [1.165, 1.54) is 36.5 Å². The van der Waals surface area contributed by atoms with E-state index >= 15 is 0 Å². The van der Waals surface area contributed by atoms with E-state index in [0.29, 0.717) is 48.6 Å². The van der Waals surface area contributed by atoms with Crippen LogP contribution in [-0.4, -0.2) is 53.8 Å². The van der Waals surface area contributed by atoms with Gasteiger partial charge in [0, 0.05) is 40.8 Å². The first-order chi connectivity index (χ1) is 41.3. The van der Waals surface area contributed by atoms with Gasteiger partial charge >= 0.3 is 23.9 Å². The van der Waals surface area contributed by atoms with Gasteiger partial charge in [0.1, 0.15) is 22.8 Å². The number of methoxy groups -OCH3 is 2. The van der Waals surface area contributed by atoms with Crippen molar-refractivity contribution in [3.63, 3.8) is 0 Å². The van der Waals surface area contributed by atoms with Crippen LogP contribution in [0.4, 0.5) is 28.4 Å². The minimum absolute atomic E-state index is 0. The average Bonchev–Trinajstić information content (AvgIpc) is 2.01. The first-order valence-corrected chi connectivity index (χ1v) is 29.5. The summed E-state index contributed by atoms with van der Waals surface area (Å²) < 4.78 is 13.3. The molecule has 7 aromatic rings. The Morgan fingerprint density at radius 2 is 0.763 bits per heavy atom. The van der Waals surface area contributed by atoms with E-state index in [4.69, 9.17) is 38.5 Å². The lowest BCUT2D eigenvalue weighted by molar-refractivity contribution is -0.148. The number of nitrogens with two attached hydrogens (primary N) is 5. The molecule has 0 saturated carbocycles. The smallest absolute Gasteiger partial charge is 0.319 e. The molecular weight excluding hydrogens is 1230 g/mol. The molecule has 1 saturated heterocycles. The molecule has 11 N–H and O–H groups in total. The number of ketones is 1. The number of carboxylic acids is 1. The van der Waals surface area contributed by atoms with Gasteiger partial charge < -0.3 is 48.0 Å². The molecule has 14 nitrogen and oxygen atoms in total. The summed E-state index contributed by atoms with van der Waals surface area (Å²) in [7, 11) is 2.80. The Hall–Kier alpha value is -8.95. The number of halogens is 1. The quantitative estimate of drug-likeness (QED) is 0.0228. The Labute approximate surface area is 569 Å². The minimum atomic E-state index is -0.715. The Morgan fingerprint density at radius 1 is 0.484 bits per heavy atom. The molecule has 7 atom stereocenters. The van der Waals surface area contributed by atoms with Crippen LogP contribution in [0, 0.1) is 17.8 Å². The van der Waals surface area contributed by atoms with Crippen LogP contribution in [-0.2, 0) is 44.6 Å². The van der Waals surface area contributed by atoms with Crippen LogP contribution >= 0.6 is 15.9 Å². The van der Waals surface area contributed by atoms with Gasteiger partial charge in [-0.2, -0.15) is 0 Å². The van der Waals surface area contributed by atoms with Gasteiger partial charge in [0.05, 0.1) is 26.1 Å². The van der Waals surface area contributed by atoms with Crippen LogP contribution in [0.5, 0.6) is 0 Å². The van der Waals surface area contributed by atoms with Crippen molar-refractivity contribution in [2.75, 3.05) is 42.9 Å². The molecule has 0 radical (unpaired) electrons. The summed E-state index contributed by atoms with van der Waals surface area (Å²) in [4.78, 5) is 54.1. The molecule has 514 valence electrons. The Morgan fingerprint density at radius 3 is 0.989 bits per heavy atom. The fourth-order valence-electron chi connectivity index (χ4n) is 7.94. The fraction of sp³-hybridized carbons (Fsp3) is 0.346. The predicted octanol–water partition coefficient (Wildman–Crippen LogP) is 19.3. The number of aliphatic carboxylic acids is 1. The Kier molecular flexibility index (Phi) is 56.0. The van der Waals surface area contributed by atoms with Crippen molar-refractivity contribution in [1.29, 1.82) is 0 Å². The first-order valence-electron chi connectivity index (χ1n) is 28.6. The summed E-state index contributed by atoms with van der Waals surface area (Å²) in [6.07, 6.45) is 5.15. The van der Waals surface area contributed by atoms with Crippen LogP contribution in [0.15, 0.2) is 213 Å². The number of anilines is 5. The number of rotatable bonds is 16. The number of benzene rings is 7. The van der Waals surface area contributed by atoms with Gasteiger partial charge in [0.25, 0.3) is 0 Å². The highest BCUT2D eigenvalue weighted by Crippen LogP contribution is 2.26. The van der Waals surface area contributed by atoms with Crippen molar-refractivity contribution in [3.8, 4) is 0 Å². The number of ether oxygens (including phenoxy) is 3. The minimum Gasteiger partial charge on any atom is -0.481 e. The topological polar surface area (TPSA) is 263 Å². The normalized spacial score (nSPS) is 12.1. The molecule has 7 unspecified atom stereocenters. The number of esters is 3. The van der Waals surface area contributed by atoms with Crippen LogP contribution in [0.3, 0.4) is 0 Å². The summed E-state index contributed by atoms with van der Waals surface area (Å²) in [6, 6.07) is 62.4. The zero-order valence-electron chi connectivity index (χ0n) is 52.0. The number of hydrogen-bond donors (Lipinski definition) is 6. The van der Waals surface area contributed by atoms with Crippen LogP contribution < -0.4 is 28.7 Å². The number of carboxylic acid groups (broad SMARTS) is 1. The van der Waals surface area contributed by atoms with Gasteiger partial charge in [0.15, 0.2) is 0 Å². The van der Waals surface area contributed by atoms with Crippen molar-refractivity contribution in [2.45, 2.75) is 148 Å². The summed E-state index contributed by atoms with van der Waals surface area (Å²) in [5, 5.41) is 8.78. The zero-order valence-corrected chi connectivity index (χ0v) is 53.6. The number of nitrogen functional groups attached to an aromatic ring is 5. The standard InChI is InChI=1S/C19H23NO.C13H18O2.C12H16O2.C8H8.2C6H8N2.C4H7BrO2.C4H4O2.6CH4/c1-14(17-6-4-3-5-7-17)12-15(2)19(21)13-16-8-10-18(20)11-9-16;1-10(9-11(2)13(14)15-3)12-7-5-4-6-8-12;1-9(8-10(2)12(13)14)11-6-4-3-5-7-11;1-2-8-6-4-3-5-7-8;2*7-5-1-2-6(8)4-3-5;1-3(5)4(6)7-2;1-3-2-4(5)6-3;;;;;;/h3-11,14-15H,12-13,20H2,1-2H3;4-8,10-11H,9H2,1-3H3;3-7,9-10H,8H2,1-2H3,(H,13,14);2-7H,1H2;2*1-4H,7-8H2;3H,1-2H3;1-2H2;6*1H4. The van der Waals surface area contributed by atoms with E-state index in [-0.39, 0.29) is 85.0 Å². The predicted molar refractivity (Wildman–Crippen MR) is 403 cm³/mol. The first kappa shape index (κ1) is 95.2. The van der Waals surface area contributed by atoms with Crippen molar-refractivity contribution in [1.82, 2.24) is 0 Å². The number of carbonyl (C=O) groups is 5. The van der Waals surface area contributed by atoms with Crippen LogP contribution in [0.2, 0.25) is 0 Å². The highest BCUT2D eigenvalue weighted by atomic mass is 79.9. The van der Waals surface area contributed by atoms with Crippen LogP contribution in [0.1, 0.15) is 164 Å². The third-order valence-corrected chi connectivity index (χ3v) is 13.6. The van der Waals surface area contributed by atoms with E-state index in [1.807, 2.05) is 141 Å². The number of cyclic esters (lactones) is 1. The second-order valence-corrected chi connectivity index (χ2v) is 22.2. The lowest BCUT2D eigenvalue weighted by Crippen LogP contribution is -2.16. The number of Topliss-reactive ketones (excluding diaryl/α,β-unsaturated/α-hetero) is 1. The van der Waals surface area contributed by atoms with E-state index < -0.39 is 5.97 Å². The van der Waals surface area contributed by atoms with Crippen molar-refractivity contribution in [2.24, 2.45) is 17.8 Å². The molecular formula is C78H116BrN5O9. The number of alkyl halides is 1. The molecule has 1 aliphatic rings. The second kappa shape index (κ2) is 54.8. The van der Waals surface area contributed by atoms with Crippen molar-refractivity contribution >= 4 is 80.1 Å². The second-order valence-electron chi connectivity index (χ2n) is 20.9. The highest BCUT2D eigenvalue weighted by Gasteiger charge is 2.20. The highest BCUT2D eigenvalue weighted by molar-refractivity contribution is 9.10. The molecule has 0 amide bonds. The third-order valence-electron chi connectivity index (χ3n) is 13.2. The lowest BCUT2D eigenvalue weighted by Gasteiger charge is -2.17. The molecule has 0 bridgehead atoms. The molecule has 1 fully saturated rings. The van der Waals surface area contributed by atoms with Gasteiger partial charge in [-0.3, -0.25) is 24.0 Å². The Balaban J connectivity index is -0.000000238. The SMILES string of the molecule is C.C.C.C.C.C.C=C1CC(=O)O1.C=Cc1ccccc1.CC(CC(C)c1ccccc1)C(=O)Cc1ccc(N)cc1.CC(CC(C)c1ccccc1)C(=O)O.COC(=O)C(C)Br.COC(=O)C(C)CC(C)c1ccccc1.Nc1ccc(N)cc1.Nc1ccc(N)cc1. The van der Waals surface area contributed by atoms with E-state index in [2.05, 4.69) is 83.6 Å². The lowest BCUT2D eigenvalue weighted by atomic mass is 9.87. The van der Waals surface area contributed by atoms with Crippen molar-refractivity contribution in [3.05, 3.63) is 241 Å². The maximum absolute atomic E-state index is 12.3. The Bertz CT molecular complexity index is 2940. The van der Waals surface area contributed by atoms with Gasteiger partial charge in [0.2, 0.25) is 0 Å². The molecule has 1 heterocycles. The van der Waals surface area contributed by atoms with Crippen molar-refractivity contribution < 1.29 is 43.3 Å². The fourth-order valence-corrected chi connectivity index (χ4v) is 8.13. The maximum atomic E-state index is 12.3. The van der Waals surface area contributed by atoms with E-state index in [0.717, 1.165) is 46.8 Å². The molecule has 0 spiro atoms. The molecule has 7 aromatic carbocycles. The molecule has 0 aromatic heterocycles. The molecule has 8 rings (SSSR count). The molecule has 93 heavy (non-hydrogen) atoms. The number of carbonyl (C=O) groups excluding carboxylic acids is 4. The zero-order chi connectivity index (χ0) is 65.3. The summed E-state index contributed by atoms with van der Waals surface area (Å²) in [6.45, 7) is 20.8. The average molecular weight is 1350 g/mol. The van der Waals surface area contributed by atoms with Gasteiger partial charge in [-0.05, 0) is 132 Å². The molecule has 1 aliphatic heterocycles. The number of hydrogen-bond acceptors (Lipinski definition) is 13. The molecule has 0 aliphatic carbocycles. The maximum Gasteiger partial charge on any atom is 0.319 e. The van der Waals surface area contributed by atoms with Gasteiger partial charge in [-0.15, -0.1) is 0 Å². The summed E-state index contributed by atoms with van der Waals surface area (Å²) in [5.74, 6) is 0.487. The third kappa shape index (κ3) is 44.2. The van der Waals surface area contributed by atoms with Gasteiger partial charge in [-0.1, -0.05) is 255 Å². The molecule has 15 heteroatoms. The summed E-state index contributed by atoms with van der Waals surface area (Å²) >= 11 is 3.03. The monoisotopic (exact) mass is 1350 g/mol. The van der Waals surface area contributed by atoms with Gasteiger partial charge in [-0.25, -0.2) is 0 Å².